The van der Waals surface area contributed by atoms with Gasteiger partial charge in [-0.2, -0.15) is 0 Å². The lowest BCUT2D eigenvalue weighted by atomic mass is 10.1. The molecule has 0 aliphatic heterocycles. The van der Waals surface area contributed by atoms with Gasteiger partial charge in [0.25, 0.3) is 5.69 Å². The molecule has 0 heterocycles. The molecule has 128 valence electrons. The van der Waals surface area contributed by atoms with Gasteiger partial charge in [0.05, 0.1) is 11.0 Å². The van der Waals surface area contributed by atoms with Crippen molar-refractivity contribution in [3.05, 3.63) is 39.9 Å². The highest BCUT2D eigenvalue weighted by Gasteiger charge is 2.11. The lowest BCUT2D eigenvalue weighted by Gasteiger charge is -2.12. The molecule has 6 nitrogen and oxygen atoms in total. The van der Waals surface area contributed by atoms with Crippen molar-refractivity contribution in [2.75, 3.05) is 11.9 Å². The lowest BCUT2D eigenvalue weighted by molar-refractivity contribution is -0.384. The second-order valence-electron chi connectivity index (χ2n) is 5.38. The Morgan fingerprint density at radius 2 is 1.78 bits per heavy atom. The quantitative estimate of drug-likeness (QED) is 0.263. The summed E-state index contributed by atoms with van der Waals surface area (Å²) in [5.41, 5.74) is 0.524. The molecule has 0 bridgehead atoms. The van der Waals surface area contributed by atoms with Crippen LogP contribution in [0.2, 0.25) is 0 Å². The van der Waals surface area contributed by atoms with Crippen LogP contribution in [0.25, 0.3) is 0 Å². The summed E-state index contributed by atoms with van der Waals surface area (Å²) in [5.74, 6) is -0.0774. The number of benzene rings is 1. The molecule has 1 rings (SSSR count). The van der Waals surface area contributed by atoms with Crippen molar-refractivity contribution in [1.82, 2.24) is 5.32 Å². The highest BCUT2D eigenvalue weighted by Crippen LogP contribution is 2.17. The maximum atomic E-state index is 11.7. The van der Waals surface area contributed by atoms with E-state index in [-0.39, 0.29) is 18.1 Å². The second kappa shape index (κ2) is 11.1. The summed E-state index contributed by atoms with van der Waals surface area (Å²) >= 11 is 3.38. The molecule has 0 saturated heterocycles. The van der Waals surface area contributed by atoms with E-state index in [1.54, 1.807) is 0 Å². The number of non-ortho nitro benzene ring substituents is 1. The number of carbonyl (C=O) groups is 1. The summed E-state index contributed by atoms with van der Waals surface area (Å²) in [7, 11) is 0. The molecule has 0 saturated carbocycles. The largest absolute Gasteiger partial charge is 0.387 e. The van der Waals surface area contributed by atoms with Gasteiger partial charge in [0.2, 0.25) is 5.91 Å². The van der Waals surface area contributed by atoms with Crippen molar-refractivity contribution in [2.45, 2.75) is 44.6 Å². The highest BCUT2D eigenvalue weighted by molar-refractivity contribution is 9.09. The Kier molecular flexibility index (Phi) is 9.47. The number of hydrogen-bond donors (Lipinski definition) is 2. The van der Waals surface area contributed by atoms with Crippen LogP contribution in [0.1, 0.15) is 50.2 Å². The minimum Gasteiger partial charge on any atom is -0.387 e. The molecule has 0 radical (unpaired) electrons. The standard InChI is InChI=1S/C16H23BrN2O4/c17-11-5-3-1-2-4-6-16(21)18-12-15(20)13-7-9-14(10-8-13)19(22)23/h7-10,15,20H,1-6,11-12H2,(H,18,21)/t15-/m0/s1. The number of nitrogens with zero attached hydrogens (tertiary/aromatic N) is 1. The minimum atomic E-state index is -0.862. The molecule has 0 aliphatic rings. The van der Waals surface area contributed by atoms with Gasteiger partial charge in [0.15, 0.2) is 0 Å². The van der Waals surface area contributed by atoms with E-state index in [2.05, 4.69) is 21.2 Å². The fraction of sp³-hybridized carbons (Fsp3) is 0.562. The van der Waals surface area contributed by atoms with Crippen LogP contribution in [0.5, 0.6) is 0 Å². The average Bonchev–Trinajstić information content (AvgIpc) is 2.55. The Labute approximate surface area is 144 Å². The van der Waals surface area contributed by atoms with Crippen LogP contribution in [0.15, 0.2) is 24.3 Å². The summed E-state index contributed by atoms with van der Waals surface area (Å²) in [4.78, 5) is 21.8. The van der Waals surface area contributed by atoms with Gasteiger partial charge in [-0.05, 0) is 30.5 Å². The number of alkyl halides is 1. The molecule has 1 aromatic rings. The predicted molar refractivity (Wildman–Crippen MR) is 92.6 cm³/mol. The number of nitro groups is 1. The van der Waals surface area contributed by atoms with Gasteiger partial charge >= 0.3 is 0 Å². The van der Waals surface area contributed by atoms with E-state index in [1.165, 1.54) is 30.7 Å². The summed E-state index contributed by atoms with van der Waals surface area (Å²) in [6.07, 6.45) is 4.94. The predicted octanol–water partition coefficient (Wildman–Crippen LogP) is 3.48. The number of hydrogen-bond acceptors (Lipinski definition) is 4. The summed E-state index contributed by atoms with van der Waals surface area (Å²) < 4.78 is 0. The van der Waals surface area contributed by atoms with E-state index in [4.69, 9.17) is 0 Å². The van der Waals surface area contributed by atoms with Crippen LogP contribution < -0.4 is 5.32 Å². The number of aliphatic hydroxyl groups is 1. The van der Waals surface area contributed by atoms with Gasteiger partial charge in [-0.15, -0.1) is 0 Å². The summed E-state index contributed by atoms with van der Waals surface area (Å²) in [6, 6.07) is 5.68. The molecule has 1 amide bonds. The number of halogens is 1. The SMILES string of the molecule is O=C(CCCCCCCBr)NC[C@H](O)c1ccc([N+](=O)[O-])cc1. The molecule has 0 aromatic heterocycles. The molecule has 7 heteroatoms. The first kappa shape index (κ1) is 19.6. The zero-order valence-electron chi connectivity index (χ0n) is 13.0. The van der Waals surface area contributed by atoms with Crippen molar-refractivity contribution in [1.29, 1.82) is 0 Å². The first-order valence-corrected chi connectivity index (χ1v) is 8.92. The molecule has 2 N–H and O–H groups in total. The fourth-order valence-electron chi connectivity index (χ4n) is 2.15. The molecular formula is C16H23BrN2O4. The molecule has 0 unspecified atom stereocenters. The monoisotopic (exact) mass is 386 g/mol. The van der Waals surface area contributed by atoms with Gasteiger partial charge in [-0.3, -0.25) is 14.9 Å². The van der Waals surface area contributed by atoms with E-state index >= 15 is 0 Å². The first-order valence-electron chi connectivity index (χ1n) is 7.79. The third-order valence-corrected chi connectivity index (χ3v) is 4.08. The van der Waals surface area contributed by atoms with E-state index in [1.807, 2.05) is 0 Å². The van der Waals surface area contributed by atoms with Crippen LogP contribution in [0.3, 0.4) is 0 Å². The van der Waals surface area contributed by atoms with Crippen molar-refractivity contribution in [3.8, 4) is 0 Å². The summed E-state index contributed by atoms with van der Waals surface area (Å²) in [5, 5.41) is 24.3. The number of nitrogens with one attached hydrogen (secondary N) is 1. The van der Waals surface area contributed by atoms with E-state index < -0.39 is 11.0 Å². The Morgan fingerprint density at radius 3 is 2.39 bits per heavy atom. The fourth-order valence-corrected chi connectivity index (χ4v) is 2.54. The smallest absolute Gasteiger partial charge is 0.269 e. The molecule has 23 heavy (non-hydrogen) atoms. The number of unbranched alkanes of at least 4 members (excludes halogenated alkanes) is 4. The van der Waals surface area contributed by atoms with Gasteiger partial charge in [-0.1, -0.05) is 35.2 Å². The summed E-state index contributed by atoms with van der Waals surface area (Å²) in [6.45, 7) is 0.111. The van der Waals surface area contributed by atoms with Gasteiger partial charge in [0, 0.05) is 30.4 Å². The van der Waals surface area contributed by atoms with E-state index in [9.17, 15) is 20.0 Å². The highest BCUT2D eigenvalue weighted by atomic mass is 79.9. The average molecular weight is 387 g/mol. The van der Waals surface area contributed by atoms with Crippen LogP contribution >= 0.6 is 15.9 Å². The first-order chi connectivity index (χ1) is 11.0. The van der Waals surface area contributed by atoms with Crippen molar-refractivity contribution < 1.29 is 14.8 Å². The molecular weight excluding hydrogens is 364 g/mol. The van der Waals surface area contributed by atoms with Crippen LogP contribution in [-0.4, -0.2) is 27.8 Å². The minimum absolute atomic E-state index is 0.0232. The second-order valence-corrected chi connectivity index (χ2v) is 6.17. The van der Waals surface area contributed by atoms with Crippen LogP contribution in [0.4, 0.5) is 5.69 Å². The molecule has 1 aromatic carbocycles. The zero-order valence-corrected chi connectivity index (χ0v) is 14.6. The lowest BCUT2D eigenvalue weighted by Crippen LogP contribution is -2.28. The Morgan fingerprint density at radius 1 is 1.17 bits per heavy atom. The van der Waals surface area contributed by atoms with Crippen molar-refractivity contribution in [3.63, 3.8) is 0 Å². The number of nitro benzene ring substituents is 1. The molecule has 0 aliphatic carbocycles. The number of amides is 1. The molecule has 0 spiro atoms. The Bertz CT molecular complexity index is 493. The number of carbonyl (C=O) groups excluding carboxylic acids is 1. The van der Waals surface area contributed by atoms with Gasteiger partial charge < -0.3 is 10.4 Å². The third-order valence-electron chi connectivity index (χ3n) is 3.52. The zero-order chi connectivity index (χ0) is 17.1. The Balaban J connectivity index is 2.23. The van der Waals surface area contributed by atoms with Crippen molar-refractivity contribution in [2.24, 2.45) is 0 Å². The Hall–Kier alpha value is -1.47. The van der Waals surface area contributed by atoms with E-state index in [0.717, 1.165) is 31.0 Å². The maximum absolute atomic E-state index is 11.7. The topological polar surface area (TPSA) is 92.5 Å². The third kappa shape index (κ3) is 8.08. The maximum Gasteiger partial charge on any atom is 0.269 e. The molecule has 0 fully saturated rings. The van der Waals surface area contributed by atoms with Gasteiger partial charge in [-0.25, -0.2) is 0 Å². The molecule has 1 atom stereocenters. The van der Waals surface area contributed by atoms with Crippen LogP contribution in [0, 0.1) is 10.1 Å². The normalized spacial score (nSPS) is 11.9. The van der Waals surface area contributed by atoms with Gasteiger partial charge in [0.1, 0.15) is 0 Å². The van der Waals surface area contributed by atoms with E-state index in [0.29, 0.717) is 12.0 Å². The van der Waals surface area contributed by atoms with Crippen molar-refractivity contribution >= 4 is 27.5 Å². The number of rotatable bonds is 11. The van der Waals surface area contributed by atoms with Crippen LogP contribution in [-0.2, 0) is 4.79 Å². The number of aliphatic hydroxyl groups excluding tert-OH is 1.